The second-order valence-electron chi connectivity index (χ2n) is 7.10. The van der Waals surface area contributed by atoms with Crippen molar-refractivity contribution < 1.29 is 13.6 Å². The van der Waals surface area contributed by atoms with Crippen molar-refractivity contribution in [1.29, 1.82) is 0 Å². The normalized spacial score (nSPS) is 18.5. The zero-order valence-electron chi connectivity index (χ0n) is 15.3. The molecule has 1 aliphatic carbocycles. The number of thiazole rings is 1. The largest absolute Gasteiger partial charge is 0.466 e. The van der Waals surface area contributed by atoms with Crippen LogP contribution in [0.15, 0.2) is 40.8 Å². The molecule has 4 rings (SSSR count). The third-order valence-corrected chi connectivity index (χ3v) is 5.80. The molecular weight excluding hydrogens is 363 g/mol. The van der Waals surface area contributed by atoms with Crippen LogP contribution in [0.25, 0.3) is 11.3 Å². The van der Waals surface area contributed by atoms with Gasteiger partial charge in [-0.15, -0.1) is 11.3 Å². The van der Waals surface area contributed by atoms with Gasteiger partial charge in [0, 0.05) is 29.2 Å². The van der Waals surface area contributed by atoms with Crippen molar-refractivity contribution in [3.05, 3.63) is 58.6 Å². The molecule has 0 aliphatic heterocycles. The summed E-state index contributed by atoms with van der Waals surface area (Å²) in [4.78, 5) is 17.7. The summed E-state index contributed by atoms with van der Waals surface area (Å²) in [5.74, 6) is 2.77. The van der Waals surface area contributed by atoms with Gasteiger partial charge < -0.3 is 9.73 Å². The lowest BCUT2D eigenvalue weighted by Crippen LogP contribution is -2.11. The molecule has 0 bridgehead atoms. The van der Waals surface area contributed by atoms with Crippen LogP contribution in [0.2, 0.25) is 0 Å². The average molecular weight is 384 g/mol. The topological polar surface area (TPSA) is 55.1 Å². The van der Waals surface area contributed by atoms with Crippen molar-refractivity contribution in [1.82, 2.24) is 4.98 Å². The summed E-state index contributed by atoms with van der Waals surface area (Å²) in [6.45, 7) is 4.16. The predicted octanol–water partition coefficient (Wildman–Crippen LogP) is 5.55. The van der Waals surface area contributed by atoms with Crippen LogP contribution in [0, 0.1) is 18.7 Å². The van der Waals surface area contributed by atoms with Crippen molar-refractivity contribution in [2.45, 2.75) is 39.0 Å². The number of aryl methyl sites for hydroxylation is 2. The third kappa shape index (κ3) is 4.11. The summed E-state index contributed by atoms with van der Waals surface area (Å²) in [5.41, 5.74) is 1.60. The number of amides is 1. The summed E-state index contributed by atoms with van der Waals surface area (Å²) < 4.78 is 18.9. The van der Waals surface area contributed by atoms with Gasteiger partial charge in [0.25, 0.3) is 0 Å². The van der Waals surface area contributed by atoms with Gasteiger partial charge in [0.15, 0.2) is 5.13 Å². The van der Waals surface area contributed by atoms with Crippen molar-refractivity contribution in [2.75, 3.05) is 5.32 Å². The molecule has 1 aliphatic rings. The quantitative estimate of drug-likeness (QED) is 0.607. The molecule has 6 heteroatoms. The zero-order chi connectivity index (χ0) is 19.0. The minimum absolute atomic E-state index is 0.0906. The number of hydrogen-bond acceptors (Lipinski definition) is 4. The molecule has 0 radical (unpaired) electrons. The van der Waals surface area contributed by atoms with E-state index in [0.29, 0.717) is 29.8 Å². The second-order valence-corrected chi connectivity index (χ2v) is 8.31. The van der Waals surface area contributed by atoms with Crippen LogP contribution < -0.4 is 5.32 Å². The van der Waals surface area contributed by atoms with Crippen molar-refractivity contribution >= 4 is 22.4 Å². The van der Waals surface area contributed by atoms with Gasteiger partial charge in [0.05, 0.1) is 5.69 Å². The van der Waals surface area contributed by atoms with Gasteiger partial charge in [0.1, 0.15) is 17.3 Å². The van der Waals surface area contributed by atoms with Crippen LogP contribution in [0.3, 0.4) is 0 Å². The van der Waals surface area contributed by atoms with E-state index in [-0.39, 0.29) is 11.7 Å². The maximum Gasteiger partial charge on any atom is 0.226 e. The van der Waals surface area contributed by atoms with Gasteiger partial charge in [-0.3, -0.25) is 4.79 Å². The van der Waals surface area contributed by atoms with Crippen LogP contribution >= 0.6 is 11.3 Å². The molecule has 0 spiro atoms. The highest BCUT2D eigenvalue weighted by Gasteiger charge is 2.36. The predicted molar refractivity (Wildman–Crippen MR) is 104 cm³/mol. The molecule has 2 aromatic heterocycles. The van der Waals surface area contributed by atoms with E-state index in [0.717, 1.165) is 27.7 Å². The van der Waals surface area contributed by atoms with Crippen molar-refractivity contribution in [3.63, 3.8) is 0 Å². The molecule has 0 saturated heterocycles. The molecule has 1 saturated carbocycles. The maximum absolute atomic E-state index is 13.1. The number of anilines is 1. The Morgan fingerprint density at radius 1 is 1.30 bits per heavy atom. The van der Waals surface area contributed by atoms with Gasteiger partial charge in [-0.25, -0.2) is 9.37 Å². The van der Waals surface area contributed by atoms with E-state index in [4.69, 9.17) is 4.42 Å². The number of furan rings is 1. The van der Waals surface area contributed by atoms with Gasteiger partial charge >= 0.3 is 0 Å². The van der Waals surface area contributed by atoms with Crippen LogP contribution in [-0.4, -0.2) is 10.9 Å². The van der Waals surface area contributed by atoms with E-state index < -0.39 is 0 Å². The highest BCUT2D eigenvalue weighted by Crippen LogP contribution is 2.47. The fraction of sp³-hybridized carbons (Fsp3) is 0.333. The van der Waals surface area contributed by atoms with Gasteiger partial charge in [0.2, 0.25) is 5.91 Å². The average Bonchev–Trinajstić information content (AvgIpc) is 3.04. The van der Waals surface area contributed by atoms with Crippen molar-refractivity contribution in [3.8, 4) is 11.3 Å². The Morgan fingerprint density at radius 3 is 2.74 bits per heavy atom. The van der Waals surface area contributed by atoms with E-state index in [1.807, 2.05) is 19.1 Å². The number of carbonyl (C=O) groups is 1. The SMILES string of the molecule is Cc1sc(NC(=O)CCc2ccc([C@H]3C[C@@H]3C)o2)nc1-c1ccc(F)cc1. The first-order chi connectivity index (χ1) is 13.0. The van der Waals surface area contributed by atoms with Gasteiger partial charge in [-0.1, -0.05) is 6.92 Å². The number of hydrogen-bond donors (Lipinski definition) is 1. The third-order valence-electron chi connectivity index (χ3n) is 4.92. The Labute approximate surface area is 161 Å². The molecule has 1 fully saturated rings. The van der Waals surface area contributed by atoms with E-state index in [1.54, 1.807) is 12.1 Å². The minimum atomic E-state index is -0.280. The Balaban J connectivity index is 1.35. The molecule has 1 amide bonds. The fourth-order valence-corrected chi connectivity index (χ4v) is 4.04. The first kappa shape index (κ1) is 17.9. The number of halogens is 1. The smallest absolute Gasteiger partial charge is 0.226 e. The molecular formula is C21H21FN2O2S. The standard InChI is InChI=1S/C21H21FN2O2S/c1-12-11-17(12)18-9-7-16(26-18)8-10-19(25)23-21-24-20(13(2)27-21)14-3-5-15(22)6-4-14/h3-7,9,12,17H,8,10-11H2,1-2H3,(H,23,24,25)/t12-,17-/m0/s1. The monoisotopic (exact) mass is 384 g/mol. The van der Waals surface area contributed by atoms with Crippen LogP contribution in [0.1, 0.15) is 42.1 Å². The Kier molecular flexibility index (Phi) is 4.83. The van der Waals surface area contributed by atoms with E-state index in [2.05, 4.69) is 17.2 Å². The molecule has 3 aromatic rings. The Morgan fingerprint density at radius 2 is 2.04 bits per heavy atom. The second kappa shape index (κ2) is 7.27. The molecule has 0 unspecified atom stereocenters. The zero-order valence-corrected chi connectivity index (χ0v) is 16.1. The number of nitrogens with zero attached hydrogens (tertiary/aromatic N) is 1. The van der Waals surface area contributed by atoms with E-state index in [9.17, 15) is 9.18 Å². The summed E-state index contributed by atoms with van der Waals surface area (Å²) in [6, 6.07) is 10.2. The van der Waals surface area contributed by atoms with Crippen LogP contribution in [-0.2, 0) is 11.2 Å². The molecule has 140 valence electrons. The Bertz CT molecular complexity index is 961. The lowest BCUT2D eigenvalue weighted by molar-refractivity contribution is -0.116. The first-order valence-corrected chi connectivity index (χ1v) is 9.93. The van der Waals surface area contributed by atoms with Crippen LogP contribution in [0.5, 0.6) is 0 Å². The summed E-state index contributed by atoms with van der Waals surface area (Å²) in [5, 5.41) is 3.42. The number of benzene rings is 1. The summed E-state index contributed by atoms with van der Waals surface area (Å²) >= 11 is 1.42. The molecule has 1 N–H and O–H groups in total. The molecule has 1 aromatic carbocycles. The van der Waals surface area contributed by atoms with E-state index >= 15 is 0 Å². The number of nitrogens with one attached hydrogen (secondary N) is 1. The maximum atomic E-state index is 13.1. The van der Waals surface area contributed by atoms with E-state index in [1.165, 1.54) is 29.9 Å². The highest BCUT2D eigenvalue weighted by atomic mass is 32.1. The summed E-state index contributed by atoms with van der Waals surface area (Å²) in [6.07, 6.45) is 2.10. The number of aromatic nitrogens is 1. The lowest BCUT2D eigenvalue weighted by atomic mass is 10.1. The number of carbonyl (C=O) groups excluding carboxylic acids is 1. The minimum Gasteiger partial charge on any atom is -0.466 e. The molecule has 2 heterocycles. The van der Waals surface area contributed by atoms with Crippen LogP contribution in [0.4, 0.5) is 9.52 Å². The Hall–Kier alpha value is -2.47. The van der Waals surface area contributed by atoms with Crippen molar-refractivity contribution in [2.24, 2.45) is 5.92 Å². The molecule has 2 atom stereocenters. The fourth-order valence-electron chi connectivity index (χ4n) is 3.19. The highest BCUT2D eigenvalue weighted by molar-refractivity contribution is 7.16. The number of rotatable bonds is 6. The van der Waals surface area contributed by atoms with Gasteiger partial charge in [-0.05, 0) is 55.7 Å². The molecule has 27 heavy (non-hydrogen) atoms. The van der Waals surface area contributed by atoms with Gasteiger partial charge in [-0.2, -0.15) is 0 Å². The molecule has 4 nitrogen and oxygen atoms in total. The lowest BCUT2D eigenvalue weighted by Gasteiger charge is -2.01. The first-order valence-electron chi connectivity index (χ1n) is 9.11. The summed E-state index contributed by atoms with van der Waals surface area (Å²) in [7, 11) is 0.